The number of nitrogens with two attached hydrogens (primary N) is 1. The third-order valence-corrected chi connectivity index (χ3v) is 2.23. The molecule has 0 spiro atoms. The van der Waals surface area contributed by atoms with Crippen LogP contribution in [0, 0.1) is 0 Å². The van der Waals surface area contributed by atoms with E-state index in [-0.39, 0.29) is 12.6 Å². The lowest BCUT2D eigenvalue weighted by Crippen LogP contribution is -2.40. The molecule has 0 aromatic carbocycles. The van der Waals surface area contributed by atoms with Crippen molar-refractivity contribution in [3.63, 3.8) is 0 Å². The van der Waals surface area contributed by atoms with Crippen LogP contribution in [0.15, 0.2) is 0 Å². The second-order valence-electron chi connectivity index (χ2n) is 3.45. The zero-order valence-corrected chi connectivity index (χ0v) is 7.16. The first-order valence-electron chi connectivity index (χ1n) is 4.34. The zero-order valence-electron chi connectivity index (χ0n) is 7.16. The molecule has 0 aliphatic carbocycles. The van der Waals surface area contributed by atoms with Gasteiger partial charge in [0.1, 0.15) is 0 Å². The van der Waals surface area contributed by atoms with Crippen LogP contribution >= 0.6 is 0 Å². The minimum Gasteiger partial charge on any atom is -0.395 e. The van der Waals surface area contributed by atoms with Gasteiger partial charge in [0.2, 0.25) is 0 Å². The van der Waals surface area contributed by atoms with E-state index in [1.165, 1.54) is 6.42 Å². The van der Waals surface area contributed by atoms with Gasteiger partial charge in [0.15, 0.2) is 0 Å². The fraction of sp³-hybridized carbons (Fsp3) is 1.00. The standard InChI is InChI=1S/C8H18N2O/c1-7(9)5-10-4-2-3-8(10)6-11/h7-8,11H,2-6,9H2,1H3. The van der Waals surface area contributed by atoms with Gasteiger partial charge in [-0.05, 0) is 26.3 Å². The molecule has 0 saturated carbocycles. The largest absolute Gasteiger partial charge is 0.395 e. The Kier molecular flexibility index (Phi) is 3.30. The lowest BCUT2D eigenvalue weighted by molar-refractivity contribution is 0.154. The summed E-state index contributed by atoms with van der Waals surface area (Å²) in [5.41, 5.74) is 5.67. The zero-order chi connectivity index (χ0) is 8.27. The molecule has 2 unspecified atom stereocenters. The maximum Gasteiger partial charge on any atom is 0.0586 e. The van der Waals surface area contributed by atoms with Crippen LogP contribution in [0.25, 0.3) is 0 Å². The van der Waals surface area contributed by atoms with Gasteiger partial charge < -0.3 is 10.8 Å². The molecule has 1 aliphatic rings. The Morgan fingerprint density at radius 1 is 1.73 bits per heavy atom. The molecule has 1 rings (SSSR count). The van der Waals surface area contributed by atoms with Crippen molar-refractivity contribution in [1.29, 1.82) is 0 Å². The van der Waals surface area contributed by atoms with Gasteiger partial charge in [-0.2, -0.15) is 0 Å². The maximum absolute atomic E-state index is 8.97. The third-order valence-electron chi connectivity index (χ3n) is 2.23. The van der Waals surface area contributed by atoms with E-state index >= 15 is 0 Å². The maximum atomic E-state index is 8.97. The third kappa shape index (κ3) is 2.43. The van der Waals surface area contributed by atoms with Crippen LogP contribution in [0.2, 0.25) is 0 Å². The SMILES string of the molecule is CC(N)CN1CCCC1CO. The normalized spacial score (nSPS) is 29.2. The van der Waals surface area contributed by atoms with E-state index < -0.39 is 0 Å². The monoisotopic (exact) mass is 158 g/mol. The molecule has 1 heterocycles. The molecule has 1 fully saturated rings. The molecule has 2 atom stereocenters. The van der Waals surface area contributed by atoms with Gasteiger partial charge in [0.05, 0.1) is 6.61 Å². The summed E-state index contributed by atoms with van der Waals surface area (Å²) in [4.78, 5) is 2.28. The molecular weight excluding hydrogens is 140 g/mol. The lowest BCUT2D eigenvalue weighted by atomic mass is 10.2. The van der Waals surface area contributed by atoms with Crippen molar-refractivity contribution in [2.45, 2.75) is 31.8 Å². The van der Waals surface area contributed by atoms with Crippen LogP contribution in [-0.2, 0) is 0 Å². The minimum atomic E-state index is 0.224. The van der Waals surface area contributed by atoms with Crippen LogP contribution in [0.5, 0.6) is 0 Å². The Bertz CT molecular complexity index is 117. The van der Waals surface area contributed by atoms with Crippen molar-refractivity contribution in [3.8, 4) is 0 Å². The van der Waals surface area contributed by atoms with E-state index in [4.69, 9.17) is 10.8 Å². The van der Waals surface area contributed by atoms with Crippen LogP contribution in [0.3, 0.4) is 0 Å². The summed E-state index contributed by atoms with van der Waals surface area (Å²) in [5.74, 6) is 0. The first-order valence-corrected chi connectivity index (χ1v) is 4.34. The summed E-state index contributed by atoms with van der Waals surface area (Å²) in [6.07, 6.45) is 2.33. The number of aliphatic hydroxyl groups excluding tert-OH is 1. The molecule has 0 aromatic heterocycles. The number of nitrogens with zero attached hydrogens (tertiary/aromatic N) is 1. The van der Waals surface area contributed by atoms with Gasteiger partial charge >= 0.3 is 0 Å². The molecule has 66 valence electrons. The van der Waals surface area contributed by atoms with Crippen molar-refractivity contribution < 1.29 is 5.11 Å². The summed E-state index contributed by atoms with van der Waals surface area (Å²) in [6.45, 7) is 4.32. The van der Waals surface area contributed by atoms with Crippen molar-refractivity contribution in [2.75, 3.05) is 19.7 Å². The average Bonchev–Trinajstić information content (AvgIpc) is 2.34. The molecule has 11 heavy (non-hydrogen) atoms. The Hall–Kier alpha value is -0.120. The molecule has 0 amide bonds. The minimum absolute atomic E-state index is 0.224. The summed E-state index contributed by atoms with van der Waals surface area (Å²) in [5, 5.41) is 8.97. The number of hydrogen-bond donors (Lipinski definition) is 2. The Morgan fingerprint density at radius 3 is 3.00 bits per heavy atom. The highest BCUT2D eigenvalue weighted by Gasteiger charge is 2.23. The van der Waals surface area contributed by atoms with Crippen molar-refractivity contribution in [2.24, 2.45) is 5.73 Å². The van der Waals surface area contributed by atoms with E-state index in [9.17, 15) is 0 Å². The Labute approximate surface area is 68.2 Å². The second kappa shape index (κ2) is 4.04. The molecule has 0 bridgehead atoms. The average molecular weight is 158 g/mol. The molecule has 1 aliphatic heterocycles. The van der Waals surface area contributed by atoms with Crippen molar-refractivity contribution >= 4 is 0 Å². The van der Waals surface area contributed by atoms with Gasteiger partial charge in [0, 0.05) is 18.6 Å². The second-order valence-corrected chi connectivity index (χ2v) is 3.45. The van der Waals surface area contributed by atoms with Crippen LogP contribution in [-0.4, -0.2) is 41.8 Å². The Balaban J connectivity index is 2.31. The van der Waals surface area contributed by atoms with Gasteiger partial charge in [-0.25, -0.2) is 0 Å². The van der Waals surface area contributed by atoms with E-state index in [0.717, 1.165) is 19.5 Å². The summed E-state index contributed by atoms with van der Waals surface area (Å²) < 4.78 is 0. The number of hydrogen-bond acceptors (Lipinski definition) is 3. The summed E-state index contributed by atoms with van der Waals surface area (Å²) >= 11 is 0. The van der Waals surface area contributed by atoms with Crippen LogP contribution < -0.4 is 5.73 Å². The van der Waals surface area contributed by atoms with Gasteiger partial charge in [-0.3, -0.25) is 4.90 Å². The quantitative estimate of drug-likeness (QED) is 0.597. The first kappa shape index (κ1) is 8.97. The molecule has 3 heteroatoms. The first-order chi connectivity index (χ1) is 5.24. The molecular formula is C8H18N2O. The highest BCUT2D eigenvalue weighted by molar-refractivity contribution is 4.79. The van der Waals surface area contributed by atoms with Gasteiger partial charge in [-0.15, -0.1) is 0 Å². The van der Waals surface area contributed by atoms with Crippen molar-refractivity contribution in [3.05, 3.63) is 0 Å². The van der Waals surface area contributed by atoms with E-state index in [2.05, 4.69) is 4.90 Å². The molecule has 3 N–H and O–H groups in total. The van der Waals surface area contributed by atoms with Gasteiger partial charge in [0.25, 0.3) is 0 Å². The Morgan fingerprint density at radius 2 is 2.45 bits per heavy atom. The molecule has 0 radical (unpaired) electrons. The van der Waals surface area contributed by atoms with E-state index in [0.29, 0.717) is 6.04 Å². The molecule has 0 aromatic rings. The molecule has 1 saturated heterocycles. The highest BCUT2D eigenvalue weighted by Crippen LogP contribution is 2.15. The highest BCUT2D eigenvalue weighted by atomic mass is 16.3. The smallest absolute Gasteiger partial charge is 0.0586 e. The predicted octanol–water partition coefficient (Wildman–Crippen LogP) is -0.210. The van der Waals surface area contributed by atoms with Crippen LogP contribution in [0.1, 0.15) is 19.8 Å². The number of aliphatic hydroxyl groups is 1. The van der Waals surface area contributed by atoms with E-state index in [1.807, 2.05) is 6.92 Å². The summed E-state index contributed by atoms with van der Waals surface area (Å²) in [7, 11) is 0. The fourth-order valence-corrected chi connectivity index (χ4v) is 1.71. The lowest BCUT2D eigenvalue weighted by Gasteiger charge is -2.24. The van der Waals surface area contributed by atoms with Gasteiger partial charge in [-0.1, -0.05) is 0 Å². The number of rotatable bonds is 3. The fourth-order valence-electron chi connectivity index (χ4n) is 1.71. The number of likely N-dealkylation sites (tertiary alicyclic amines) is 1. The van der Waals surface area contributed by atoms with Crippen LogP contribution in [0.4, 0.5) is 0 Å². The van der Waals surface area contributed by atoms with E-state index in [1.54, 1.807) is 0 Å². The summed E-state index contributed by atoms with van der Waals surface area (Å²) in [6, 6.07) is 0.600. The predicted molar refractivity (Wildman–Crippen MR) is 45.3 cm³/mol. The molecule has 3 nitrogen and oxygen atoms in total. The van der Waals surface area contributed by atoms with Crippen molar-refractivity contribution in [1.82, 2.24) is 4.90 Å². The topological polar surface area (TPSA) is 49.5 Å².